The van der Waals surface area contributed by atoms with Crippen molar-refractivity contribution >= 4 is 23.1 Å². The predicted molar refractivity (Wildman–Crippen MR) is 113 cm³/mol. The fourth-order valence-corrected chi connectivity index (χ4v) is 4.48. The molecule has 0 aliphatic carbocycles. The van der Waals surface area contributed by atoms with Crippen LogP contribution in [0.15, 0.2) is 54.6 Å². The highest BCUT2D eigenvalue weighted by molar-refractivity contribution is 7.11. The Hall–Kier alpha value is -2.73. The van der Waals surface area contributed by atoms with Gasteiger partial charge in [-0.2, -0.15) is 0 Å². The van der Waals surface area contributed by atoms with Gasteiger partial charge in [-0.1, -0.05) is 48.0 Å². The summed E-state index contributed by atoms with van der Waals surface area (Å²) in [5.41, 5.74) is 3.25. The molecule has 0 bridgehead atoms. The summed E-state index contributed by atoms with van der Waals surface area (Å²) in [5.74, 6) is 0.263. The smallest absolute Gasteiger partial charge is 0.321 e. The number of aromatic nitrogens is 2. The van der Waals surface area contributed by atoms with Crippen LogP contribution in [-0.2, 0) is 6.42 Å². The van der Waals surface area contributed by atoms with E-state index >= 15 is 0 Å². The number of rotatable bonds is 4. The van der Waals surface area contributed by atoms with Crippen LogP contribution in [0.3, 0.4) is 0 Å². The molecular weight excluding hydrogens is 368 g/mol. The number of amides is 2. The number of nitrogens with zero attached hydrogens (tertiary/aromatic N) is 3. The Labute approximate surface area is 169 Å². The van der Waals surface area contributed by atoms with Gasteiger partial charge in [0.05, 0.1) is 0 Å². The van der Waals surface area contributed by atoms with Gasteiger partial charge in [0, 0.05) is 31.1 Å². The number of anilines is 1. The van der Waals surface area contributed by atoms with Gasteiger partial charge in [-0.15, -0.1) is 21.5 Å². The van der Waals surface area contributed by atoms with Gasteiger partial charge >= 0.3 is 6.03 Å². The number of carbonyl (C=O) groups is 1. The summed E-state index contributed by atoms with van der Waals surface area (Å²) in [6, 6.07) is 18.2. The molecule has 28 heavy (non-hydrogen) atoms. The summed E-state index contributed by atoms with van der Waals surface area (Å²) < 4.78 is 0. The standard InChI is InChI=1S/C22H24N4OS/c1-16-9-11-19(12-10-16)23-22(27)26-13-5-8-18(15-26)21-25-24-20(28-21)14-17-6-3-2-4-7-17/h2-4,6-7,9-12,18H,5,8,13-15H2,1H3,(H,23,27). The lowest BCUT2D eigenvalue weighted by molar-refractivity contribution is 0.192. The van der Waals surface area contributed by atoms with Gasteiger partial charge in [0.2, 0.25) is 0 Å². The zero-order chi connectivity index (χ0) is 19.3. The van der Waals surface area contributed by atoms with Crippen molar-refractivity contribution in [3.63, 3.8) is 0 Å². The first-order chi connectivity index (χ1) is 13.7. The Bertz CT molecular complexity index is 923. The highest BCUT2D eigenvalue weighted by Crippen LogP contribution is 2.30. The highest BCUT2D eigenvalue weighted by Gasteiger charge is 2.27. The van der Waals surface area contributed by atoms with Crippen LogP contribution >= 0.6 is 11.3 Å². The number of benzene rings is 2. The monoisotopic (exact) mass is 392 g/mol. The van der Waals surface area contributed by atoms with Gasteiger partial charge in [0.25, 0.3) is 0 Å². The molecule has 2 amide bonds. The van der Waals surface area contributed by atoms with Crippen LogP contribution in [-0.4, -0.2) is 34.2 Å². The molecule has 0 radical (unpaired) electrons. The minimum absolute atomic E-state index is 0.0393. The normalized spacial score (nSPS) is 16.8. The van der Waals surface area contributed by atoms with Crippen LogP contribution in [0.4, 0.5) is 10.5 Å². The molecule has 1 unspecified atom stereocenters. The third kappa shape index (κ3) is 4.57. The van der Waals surface area contributed by atoms with Crippen LogP contribution < -0.4 is 5.32 Å². The summed E-state index contributed by atoms with van der Waals surface area (Å²) in [6.07, 6.45) is 2.84. The van der Waals surface area contributed by atoms with Crippen LogP contribution in [0, 0.1) is 6.92 Å². The van der Waals surface area contributed by atoms with Crippen molar-refractivity contribution in [3.8, 4) is 0 Å². The Morgan fingerprint density at radius 1 is 1.14 bits per heavy atom. The zero-order valence-corrected chi connectivity index (χ0v) is 16.8. The number of hydrogen-bond donors (Lipinski definition) is 1. The molecule has 5 nitrogen and oxygen atoms in total. The lowest BCUT2D eigenvalue weighted by Gasteiger charge is -2.31. The van der Waals surface area contributed by atoms with Gasteiger partial charge in [0.1, 0.15) is 10.0 Å². The fraction of sp³-hybridized carbons (Fsp3) is 0.318. The Morgan fingerprint density at radius 2 is 1.93 bits per heavy atom. The molecule has 1 N–H and O–H groups in total. The summed E-state index contributed by atoms with van der Waals surface area (Å²) in [7, 11) is 0. The average Bonchev–Trinajstić information content (AvgIpc) is 3.19. The maximum Gasteiger partial charge on any atom is 0.321 e. The van der Waals surface area contributed by atoms with E-state index in [2.05, 4.69) is 27.6 Å². The van der Waals surface area contributed by atoms with Gasteiger partial charge in [-0.05, 0) is 37.5 Å². The molecule has 1 atom stereocenters. The minimum Gasteiger partial charge on any atom is -0.324 e. The summed E-state index contributed by atoms with van der Waals surface area (Å²) in [4.78, 5) is 14.6. The van der Waals surface area contributed by atoms with Crippen molar-refractivity contribution in [3.05, 3.63) is 75.7 Å². The molecule has 1 aliphatic rings. The van der Waals surface area contributed by atoms with Crippen LogP contribution in [0.1, 0.15) is 39.9 Å². The first-order valence-corrected chi connectivity index (χ1v) is 10.5. The molecule has 2 aromatic carbocycles. The molecule has 2 heterocycles. The second kappa shape index (κ2) is 8.52. The molecule has 4 rings (SSSR count). The predicted octanol–water partition coefficient (Wildman–Crippen LogP) is 4.85. The summed E-state index contributed by atoms with van der Waals surface area (Å²) in [5, 5.41) is 13.9. The van der Waals surface area contributed by atoms with Gasteiger partial charge in [0.15, 0.2) is 0 Å². The van der Waals surface area contributed by atoms with E-state index < -0.39 is 0 Å². The number of carbonyl (C=O) groups excluding carboxylic acids is 1. The minimum atomic E-state index is -0.0393. The SMILES string of the molecule is Cc1ccc(NC(=O)N2CCCC(c3nnc(Cc4ccccc4)s3)C2)cc1. The molecule has 6 heteroatoms. The van der Waals surface area contributed by atoms with Gasteiger partial charge < -0.3 is 10.2 Å². The number of hydrogen-bond acceptors (Lipinski definition) is 4. The molecule has 144 valence electrons. The number of urea groups is 1. The zero-order valence-electron chi connectivity index (χ0n) is 16.0. The van der Waals surface area contributed by atoms with Crippen molar-refractivity contribution < 1.29 is 4.79 Å². The van der Waals surface area contributed by atoms with E-state index in [-0.39, 0.29) is 11.9 Å². The Kier molecular flexibility index (Phi) is 5.67. The molecule has 1 saturated heterocycles. The van der Waals surface area contributed by atoms with Crippen molar-refractivity contribution in [2.75, 3.05) is 18.4 Å². The Morgan fingerprint density at radius 3 is 2.71 bits per heavy atom. The first-order valence-electron chi connectivity index (χ1n) is 9.66. The third-order valence-corrected chi connectivity index (χ3v) is 6.13. The van der Waals surface area contributed by atoms with E-state index in [1.807, 2.05) is 54.3 Å². The molecule has 1 fully saturated rings. The lowest BCUT2D eigenvalue weighted by Crippen LogP contribution is -2.41. The Balaban J connectivity index is 1.38. The molecular formula is C22H24N4OS. The van der Waals surface area contributed by atoms with E-state index in [9.17, 15) is 4.79 Å². The maximum absolute atomic E-state index is 12.7. The van der Waals surface area contributed by atoms with Crippen molar-refractivity contribution in [2.45, 2.75) is 32.1 Å². The third-order valence-electron chi connectivity index (χ3n) is 5.04. The molecule has 1 aromatic heterocycles. The molecule has 1 aliphatic heterocycles. The topological polar surface area (TPSA) is 58.1 Å². The van der Waals surface area contributed by atoms with Crippen molar-refractivity contribution in [1.82, 2.24) is 15.1 Å². The highest BCUT2D eigenvalue weighted by atomic mass is 32.1. The van der Waals surface area contributed by atoms with Crippen LogP contribution in [0.25, 0.3) is 0 Å². The van der Waals surface area contributed by atoms with Crippen LogP contribution in [0.2, 0.25) is 0 Å². The van der Waals surface area contributed by atoms with Crippen LogP contribution in [0.5, 0.6) is 0 Å². The van der Waals surface area contributed by atoms with Crippen molar-refractivity contribution in [2.24, 2.45) is 0 Å². The quantitative estimate of drug-likeness (QED) is 0.690. The second-order valence-electron chi connectivity index (χ2n) is 7.28. The number of nitrogens with one attached hydrogen (secondary N) is 1. The average molecular weight is 393 g/mol. The van der Waals surface area contributed by atoms with E-state index in [1.54, 1.807) is 11.3 Å². The lowest BCUT2D eigenvalue weighted by atomic mass is 9.99. The van der Waals surface area contributed by atoms with Gasteiger partial charge in [-0.25, -0.2) is 4.79 Å². The molecule has 0 saturated carbocycles. The maximum atomic E-state index is 12.7. The fourth-order valence-electron chi connectivity index (χ4n) is 3.48. The summed E-state index contributed by atoms with van der Waals surface area (Å²) >= 11 is 1.67. The molecule has 0 spiro atoms. The number of piperidine rings is 1. The van der Waals surface area contributed by atoms with Gasteiger partial charge in [-0.3, -0.25) is 0 Å². The van der Waals surface area contributed by atoms with E-state index in [0.29, 0.717) is 6.54 Å². The molecule has 3 aromatic rings. The first kappa shape index (κ1) is 18.6. The second-order valence-corrected chi connectivity index (χ2v) is 8.37. The summed E-state index contributed by atoms with van der Waals surface area (Å²) in [6.45, 7) is 3.51. The number of likely N-dealkylation sites (tertiary alicyclic amines) is 1. The van der Waals surface area contributed by atoms with E-state index in [4.69, 9.17) is 0 Å². The number of aryl methyl sites for hydroxylation is 1. The largest absolute Gasteiger partial charge is 0.324 e. The van der Waals surface area contributed by atoms with E-state index in [0.717, 1.165) is 41.5 Å². The van der Waals surface area contributed by atoms with E-state index in [1.165, 1.54) is 11.1 Å². The van der Waals surface area contributed by atoms with Crippen molar-refractivity contribution in [1.29, 1.82) is 0 Å².